The molecule has 1 aromatic carbocycles. The SMILES string of the molecule is Fc1ccccc1-c1csc(-c2cncc(Br)c2)n1. The van der Waals surface area contributed by atoms with E-state index in [4.69, 9.17) is 0 Å². The van der Waals surface area contributed by atoms with E-state index in [1.807, 2.05) is 11.4 Å². The second-order valence-corrected chi connectivity index (χ2v) is 5.68. The summed E-state index contributed by atoms with van der Waals surface area (Å²) >= 11 is 4.85. The molecule has 3 aromatic rings. The molecule has 0 unspecified atom stereocenters. The first-order valence-corrected chi connectivity index (χ1v) is 7.22. The Morgan fingerprint density at radius 3 is 2.79 bits per heavy atom. The van der Waals surface area contributed by atoms with E-state index in [1.54, 1.807) is 30.6 Å². The monoisotopic (exact) mass is 334 g/mol. The van der Waals surface area contributed by atoms with Crippen molar-refractivity contribution in [3.63, 3.8) is 0 Å². The first kappa shape index (κ1) is 12.4. The zero-order valence-electron chi connectivity index (χ0n) is 9.68. The summed E-state index contributed by atoms with van der Waals surface area (Å²) in [6.07, 6.45) is 3.46. The Balaban J connectivity index is 2.03. The van der Waals surface area contributed by atoms with Gasteiger partial charge in [0.1, 0.15) is 10.8 Å². The summed E-state index contributed by atoms with van der Waals surface area (Å²) < 4.78 is 14.6. The Kier molecular flexibility index (Phi) is 3.40. The standard InChI is InChI=1S/C14H8BrFN2S/c15-10-5-9(6-17-7-10)14-18-13(8-19-14)11-3-1-2-4-12(11)16/h1-8H. The molecule has 0 bridgehead atoms. The number of benzene rings is 1. The van der Waals surface area contributed by atoms with Crippen molar-refractivity contribution in [3.8, 4) is 21.8 Å². The molecule has 19 heavy (non-hydrogen) atoms. The van der Waals surface area contributed by atoms with Gasteiger partial charge >= 0.3 is 0 Å². The highest BCUT2D eigenvalue weighted by molar-refractivity contribution is 9.10. The quantitative estimate of drug-likeness (QED) is 0.674. The Bertz CT molecular complexity index is 727. The van der Waals surface area contributed by atoms with Gasteiger partial charge in [-0.05, 0) is 34.1 Å². The van der Waals surface area contributed by atoms with Gasteiger partial charge in [-0.2, -0.15) is 0 Å². The van der Waals surface area contributed by atoms with Gasteiger partial charge in [-0.1, -0.05) is 12.1 Å². The van der Waals surface area contributed by atoms with Crippen LogP contribution in [0.25, 0.3) is 21.8 Å². The van der Waals surface area contributed by atoms with E-state index in [0.29, 0.717) is 11.3 Å². The average molecular weight is 335 g/mol. The summed E-state index contributed by atoms with van der Waals surface area (Å²) in [5, 5.41) is 2.68. The summed E-state index contributed by atoms with van der Waals surface area (Å²) in [6.45, 7) is 0. The smallest absolute Gasteiger partial charge is 0.132 e. The van der Waals surface area contributed by atoms with Crippen LogP contribution in [-0.4, -0.2) is 9.97 Å². The molecule has 5 heteroatoms. The zero-order valence-corrected chi connectivity index (χ0v) is 12.1. The van der Waals surface area contributed by atoms with Crippen LogP contribution in [0.2, 0.25) is 0 Å². The lowest BCUT2D eigenvalue weighted by Gasteiger charge is -1.98. The molecular formula is C14H8BrFN2S. The van der Waals surface area contributed by atoms with E-state index in [9.17, 15) is 4.39 Å². The lowest BCUT2D eigenvalue weighted by Crippen LogP contribution is -1.84. The molecule has 0 aliphatic carbocycles. The van der Waals surface area contributed by atoms with E-state index in [0.717, 1.165) is 15.0 Å². The van der Waals surface area contributed by atoms with Crippen LogP contribution in [0.5, 0.6) is 0 Å². The normalized spacial score (nSPS) is 10.6. The van der Waals surface area contributed by atoms with Crippen molar-refractivity contribution in [2.24, 2.45) is 0 Å². The highest BCUT2D eigenvalue weighted by Crippen LogP contribution is 2.30. The predicted octanol–water partition coefficient (Wildman–Crippen LogP) is 4.77. The molecule has 2 nitrogen and oxygen atoms in total. The van der Waals surface area contributed by atoms with E-state index in [2.05, 4.69) is 25.9 Å². The van der Waals surface area contributed by atoms with Gasteiger partial charge < -0.3 is 0 Å². The van der Waals surface area contributed by atoms with Crippen molar-refractivity contribution in [2.45, 2.75) is 0 Å². The van der Waals surface area contributed by atoms with E-state index >= 15 is 0 Å². The molecule has 0 saturated heterocycles. The number of hydrogen-bond acceptors (Lipinski definition) is 3. The molecule has 0 spiro atoms. The van der Waals surface area contributed by atoms with Gasteiger partial charge in [0, 0.05) is 33.4 Å². The Morgan fingerprint density at radius 1 is 1.16 bits per heavy atom. The fourth-order valence-corrected chi connectivity index (χ4v) is 2.89. The van der Waals surface area contributed by atoms with Crippen LogP contribution in [-0.2, 0) is 0 Å². The molecule has 2 aromatic heterocycles. The van der Waals surface area contributed by atoms with Gasteiger partial charge in [-0.3, -0.25) is 4.98 Å². The fraction of sp³-hybridized carbons (Fsp3) is 0. The molecule has 3 rings (SSSR count). The first-order chi connectivity index (χ1) is 9.24. The van der Waals surface area contributed by atoms with Crippen LogP contribution in [0.15, 0.2) is 52.6 Å². The van der Waals surface area contributed by atoms with E-state index in [1.165, 1.54) is 17.4 Å². The fourth-order valence-electron chi connectivity index (χ4n) is 1.73. The van der Waals surface area contributed by atoms with Crippen molar-refractivity contribution in [3.05, 3.63) is 58.4 Å². The lowest BCUT2D eigenvalue weighted by molar-refractivity contribution is 0.631. The second kappa shape index (κ2) is 5.19. The molecule has 0 aliphatic rings. The minimum Gasteiger partial charge on any atom is -0.263 e. The van der Waals surface area contributed by atoms with Crippen LogP contribution in [0.4, 0.5) is 4.39 Å². The number of aromatic nitrogens is 2. The number of hydrogen-bond donors (Lipinski definition) is 0. The topological polar surface area (TPSA) is 25.8 Å². The molecule has 0 fully saturated rings. The molecule has 2 heterocycles. The van der Waals surface area contributed by atoms with Crippen LogP contribution in [0.3, 0.4) is 0 Å². The van der Waals surface area contributed by atoms with E-state index in [-0.39, 0.29) is 5.82 Å². The Morgan fingerprint density at radius 2 is 2.00 bits per heavy atom. The van der Waals surface area contributed by atoms with Gasteiger partial charge in [0.25, 0.3) is 0 Å². The molecule has 0 saturated carbocycles. The maximum Gasteiger partial charge on any atom is 0.132 e. The molecule has 0 aliphatic heterocycles. The second-order valence-electron chi connectivity index (χ2n) is 3.91. The summed E-state index contributed by atoms with van der Waals surface area (Å²) in [4.78, 5) is 8.58. The van der Waals surface area contributed by atoms with Gasteiger partial charge in [-0.25, -0.2) is 9.37 Å². The number of halogens is 2. The van der Waals surface area contributed by atoms with Gasteiger partial charge in [0.05, 0.1) is 5.69 Å². The van der Waals surface area contributed by atoms with Crippen LogP contribution in [0.1, 0.15) is 0 Å². The minimum absolute atomic E-state index is 0.258. The van der Waals surface area contributed by atoms with Crippen molar-refractivity contribution >= 4 is 27.3 Å². The van der Waals surface area contributed by atoms with Crippen molar-refractivity contribution in [2.75, 3.05) is 0 Å². The molecule has 0 N–H and O–H groups in total. The summed E-state index contributed by atoms with van der Waals surface area (Å²) in [5.41, 5.74) is 2.09. The summed E-state index contributed by atoms with van der Waals surface area (Å²) in [7, 11) is 0. The highest BCUT2D eigenvalue weighted by Gasteiger charge is 2.10. The number of pyridine rings is 1. The molecule has 0 amide bonds. The van der Waals surface area contributed by atoms with Crippen molar-refractivity contribution in [1.82, 2.24) is 9.97 Å². The number of thiazole rings is 1. The Hall–Kier alpha value is -1.59. The number of rotatable bonds is 2. The first-order valence-electron chi connectivity index (χ1n) is 5.55. The lowest BCUT2D eigenvalue weighted by atomic mass is 10.1. The maximum absolute atomic E-state index is 13.7. The van der Waals surface area contributed by atoms with Crippen LogP contribution >= 0.6 is 27.3 Å². The molecule has 0 radical (unpaired) electrons. The largest absolute Gasteiger partial charge is 0.263 e. The van der Waals surface area contributed by atoms with Gasteiger partial charge in [0.15, 0.2) is 0 Å². The van der Waals surface area contributed by atoms with Crippen LogP contribution < -0.4 is 0 Å². The van der Waals surface area contributed by atoms with Gasteiger partial charge in [0.2, 0.25) is 0 Å². The molecule has 0 atom stereocenters. The van der Waals surface area contributed by atoms with E-state index < -0.39 is 0 Å². The van der Waals surface area contributed by atoms with Crippen LogP contribution in [0, 0.1) is 5.82 Å². The molecular weight excluding hydrogens is 327 g/mol. The third-order valence-corrected chi connectivity index (χ3v) is 3.93. The minimum atomic E-state index is -0.258. The van der Waals surface area contributed by atoms with Crippen molar-refractivity contribution in [1.29, 1.82) is 0 Å². The Labute approximate surface area is 122 Å². The zero-order chi connectivity index (χ0) is 13.2. The summed E-state index contributed by atoms with van der Waals surface area (Å²) in [6, 6.07) is 8.59. The number of nitrogens with zero attached hydrogens (tertiary/aromatic N) is 2. The highest BCUT2D eigenvalue weighted by atomic mass is 79.9. The average Bonchev–Trinajstić information content (AvgIpc) is 2.89. The van der Waals surface area contributed by atoms with Crippen molar-refractivity contribution < 1.29 is 4.39 Å². The summed E-state index contributed by atoms with van der Waals surface area (Å²) in [5.74, 6) is -0.258. The van der Waals surface area contributed by atoms with Gasteiger partial charge in [-0.15, -0.1) is 11.3 Å². The predicted molar refractivity (Wildman–Crippen MR) is 78.4 cm³/mol. The third kappa shape index (κ3) is 2.57. The maximum atomic E-state index is 13.7. The molecule has 94 valence electrons. The third-order valence-electron chi connectivity index (χ3n) is 2.61.